The van der Waals surface area contributed by atoms with Crippen molar-refractivity contribution >= 4 is 47.1 Å². The van der Waals surface area contributed by atoms with Gasteiger partial charge in [0.25, 0.3) is 15.0 Å². The number of benzene rings is 1. The fourth-order valence-electron chi connectivity index (χ4n) is 1.51. The highest BCUT2D eigenvalue weighted by Gasteiger charge is 2.25. The molecule has 0 N–H and O–H groups in total. The maximum absolute atomic E-state index is 12.3. The number of hydrogen-bond acceptors (Lipinski definition) is 5. The van der Waals surface area contributed by atoms with Crippen LogP contribution in [0.5, 0.6) is 0 Å². The highest BCUT2D eigenvalue weighted by atomic mass is 35.7. The van der Waals surface area contributed by atoms with Crippen molar-refractivity contribution < 1.29 is 21.6 Å². The number of rotatable bonds is 5. The Morgan fingerprint density at radius 1 is 1.24 bits per heavy atom. The van der Waals surface area contributed by atoms with Crippen LogP contribution in [0.4, 0.5) is 0 Å². The van der Waals surface area contributed by atoms with E-state index in [9.17, 15) is 21.6 Å². The van der Waals surface area contributed by atoms with Gasteiger partial charge in [-0.2, -0.15) is 0 Å². The van der Waals surface area contributed by atoms with Gasteiger partial charge in [-0.3, -0.25) is 4.79 Å². The van der Waals surface area contributed by atoms with E-state index in [1.165, 1.54) is 19.2 Å². The summed E-state index contributed by atoms with van der Waals surface area (Å²) in [4.78, 5) is 12.9. The molecule has 118 valence electrons. The Labute approximate surface area is 133 Å². The van der Waals surface area contributed by atoms with Crippen LogP contribution in [0.2, 0.25) is 5.02 Å². The van der Waals surface area contributed by atoms with Crippen molar-refractivity contribution in [2.45, 2.75) is 4.90 Å². The first-order valence-corrected chi connectivity index (χ1v) is 10.3. The molecular weight excluding hydrogens is 361 g/mol. The number of amides is 1. The number of hydrogen-bond donors (Lipinski definition) is 0. The molecule has 6 nitrogen and oxygen atoms in total. The third-order valence-electron chi connectivity index (χ3n) is 2.60. The lowest BCUT2D eigenvalue weighted by atomic mass is 10.2. The number of nitrogens with zero attached hydrogens (tertiary/aromatic N) is 1. The quantitative estimate of drug-likeness (QED) is 0.727. The summed E-state index contributed by atoms with van der Waals surface area (Å²) >= 11 is 5.88. The van der Waals surface area contributed by atoms with Crippen molar-refractivity contribution in [3.8, 4) is 0 Å². The average molecular weight is 374 g/mol. The van der Waals surface area contributed by atoms with Crippen molar-refractivity contribution in [3.63, 3.8) is 0 Å². The molecule has 0 radical (unpaired) electrons. The summed E-state index contributed by atoms with van der Waals surface area (Å²) in [5.74, 6) is -0.966. The molecule has 0 saturated carbocycles. The first-order chi connectivity index (χ1) is 9.43. The van der Waals surface area contributed by atoms with E-state index in [1.54, 1.807) is 0 Å². The molecular formula is C11H13Cl2NO5S2. The van der Waals surface area contributed by atoms with Crippen LogP contribution < -0.4 is 0 Å². The molecule has 0 heterocycles. The van der Waals surface area contributed by atoms with Gasteiger partial charge in [-0.25, -0.2) is 16.8 Å². The van der Waals surface area contributed by atoms with E-state index < -0.39 is 29.7 Å². The lowest BCUT2D eigenvalue weighted by Crippen LogP contribution is -2.32. The third-order valence-corrected chi connectivity index (χ3v) is 5.20. The van der Waals surface area contributed by atoms with Crippen molar-refractivity contribution in [1.82, 2.24) is 4.90 Å². The van der Waals surface area contributed by atoms with Gasteiger partial charge < -0.3 is 4.90 Å². The second kappa shape index (κ2) is 6.51. The first kappa shape index (κ1) is 18.2. The maximum atomic E-state index is 12.3. The molecule has 0 aliphatic heterocycles. The lowest BCUT2D eigenvalue weighted by molar-refractivity contribution is 0.0800. The van der Waals surface area contributed by atoms with Crippen LogP contribution in [0.15, 0.2) is 23.1 Å². The topological polar surface area (TPSA) is 88.6 Å². The molecule has 0 bridgehead atoms. The highest BCUT2D eigenvalue weighted by molar-refractivity contribution is 8.13. The van der Waals surface area contributed by atoms with Crippen LogP contribution in [-0.4, -0.2) is 53.2 Å². The highest BCUT2D eigenvalue weighted by Crippen LogP contribution is 2.27. The molecule has 0 atom stereocenters. The third kappa shape index (κ3) is 5.14. The Balaban J connectivity index is 3.19. The zero-order valence-electron chi connectivity index (χ0n) is 11.2. The Morgan fingerprint density at radius 3 is 2.29 bits per heavy atom. The number of halogens is 2. The van der Waals surface area contributed by atoms with E-state index in [2.05, 4.69) is 0 Å². The summed E-state index contributed by atoms with van der Waals surface area (Å²) in [5, 5.41) is -0.0760. The van der Waals surface area contributed by atoms with Gasteiger partial charge in [-0.05, 0) is 12.1 Å². The smallest absolute Gasteiger partial charge is 0.262 e. The Morgan fingerprint density at radius 2 is 1.81 bits per heavy atom. The Kier molecular flexibility index (Phi) is 5.65. The summed E-state index contributed by atoms with van der Waals surface area (Å²) in [7, 11) is -0.781. The van der Waals surface area contributed by atoms with Crippen molar-refractivity contribution in [2.75, 3.05) is 25.6 Å². The molecule has 0 fully saturated rings. The summed E-state index contributed by atoms with van der Waals surface area (Å²) in [6.07, 6.45) is 1.04. The number of carbonyl (C=O) groups is 1. The molecule has 1 amide bonds. The predicted molar refractivity (Wildman–Crippen MR) is 81.2 cm³/mol. The monoisotopic (exact) mass is 373 g/mol. The van der Waals surface area contributed by atoms with Gasteiger partial charge in [0, 0.05) is 30.5 Å². The summed E-state index contributed by atoms with van der Waals surface area (Å²) < 4.78 is 45.2. The van der Waals surface area contributed by atoms with Crippen LogP contribution >= 0.6 is 22.3 Å². The normalized spacial score (nSPS) is 12.2. The van der Waals surface area contributed by atoms with Crippen LogP contribution in [0.25, 0.3) is 0 Å². The second-order valence-corrected chi connectivity index (χ2v) is 9.61. The van der Waals surface area contributed by atoms with Gasteiger partial charge in [0.2, 0.25) is 0 Å². The number of sulfone groups is 1. The average Bonchev–Trinajstić information content (AvgIpc) is 2.32. The second-order valence-electron chi connectivity index (χ2n) is 4.41. The molecule has 0 unspecified atom stereocenters. The van der Waals surface area contributed by atoms with Crippen LogP contribution in [0.3, 0.4) is 0 Å². The minimum absolute atomic E-state index is 0.0760. The summed E-state index contributed by atoms with van der Waals surface area (Å²) in [5.41, 5.74) is -0.273. The molecule has 0 aromatic heterocycles. The lowest BCUT2D eigenvalue weighted by Gasteiger charge is -2.18. The van der Waals surface area contributed by atoms with Gasteiger partial charge >= 0.3 is 0 Å². The minimum atomic E-state index is -4.16. The summed E-state index contributed by atoms with van der Waals surface area (Å²) in [6, 6.07) is 3.86. The standard InChI is InChI=1S/C11H13Cl2NO5S2/c1-14(6-7-20(2,16)17)11(15)10-8(12)4-3-5-9(10)21(13,18)19/h3-5H,6-7H2,1-2H3. The molecule has 0 aliphatic rings. The van der Waals surface area contributed by atoms with E-state index in [0.29, 0.717) is 0 Å². The molecule has 1 aromatic rings. The van der Waals surface area contributed by atoms with Crippen LogP contribution in [-0.2, 0) is 18.9 Å². The SMILES string of the molecule is CN(CCS(C)(=O)=O)C(=O)c1c(Cl)cccc1S(=O)(=O)Cl. The molecule has 0 aliphatic carbocycles. The zero-order chi connectivity index (χ0) is 16.4. The van der Waals surface area contributed by atoms with Crippen molar-refractivity contribution in [3.05, 3.63) is 28.8 Å². The minimum Gasteiger partial charge on any atom is -0.341 e. The Hall–Kier alpha value is -0.830. The zero-order valence-corrected chi connectivity index (χ0v) is 14.4. The Bertz CT molecular complexity index is 759. The van der Waals surface area contributed by atoms with E-state index in [0.717, 1.165) is 17.2 Å². The molecule has 1 aromatic carbocycles. The largest absolute Gasteiger partial charge is 0.341 e. The van der Waals surface area contributed by atoms with Crippen LogP contribution in [0, 0.1) is 0 Å². The van der Waals surface area contributed by atoms with E-state index in [-0.39, 0.29) is 22.9 Å². The van der Waals surface area contributed by atoms with Gasteiger partial charge in [0.05, 0.1) is 21.2 Å². The van der Waals surface area contributed by atoms with Crippen molar-refractivity contribution in [2.24, 2.45) is 0 Å². The van der Waals surface area contributed by atoms with Gasteiger partial charge in [0.1, 0.15) is 9.84 Å². The fourth-order valence-corrected chi connectivity index (χ4v) is 3.50. The molecule has 0 spiro atoms. The predicted octanol–water partition coefficient (Wildman–Crippen LogP) is 1.38. The van der Waals surface area contributed by atoms with Crippen LogP contribution in [0.1, 0.15) is 10.4 Å². The van der Waals surface area contributed by atoms with E-state index >= 15 is 0 Å². The number of carbonyl (C=O) groups excluding carboxylic acids is 1. The molecule has 1 rings (SSSR count). The van der Waals surface area contributed by atoms with Gasteiger partial charge in [0.15, 0.2) is 0 Å². The molecule has 21 heavy (non-hydrogen) atoms. The fraction of sp³-hybridized carbons (Fsp3) is 0.364. The molecule has 10 heteroatoms. The first-order valence-electron chi connectivity index (χ1n) is 5.60. The van der Waals surface area contributed by atoms with Crippen molar-refractivity contribution in [1.29, 1.82) is 0 Å². The van der Waals surface area contributed by atoms with E-state index in [4.69, 9.17) is 22.3 Å². The maximum Gasteiger partial charge on any atom is 0.262 e. The van der Waals surface area contributed by atoms with Gasteiger partial charge in [-0.1, -0.05) is 17.7 Å². The summed E-state index contributed by atoms with van der Waals surface area (Å²) in [6.45, 7) is -0.0926. The van der Waals surface area contributed by atoms with Gasteiger partial charge in [-0.15, -0.1) is 0 Å². The molecule has 0 saturated heterocycles. The van der Waals surface area contributed by atoms with E-state index in [1.807, 2.05) is 0 Å².